The van der Waals surface area contributed by atoms with Crippen molar-refractivity contribution in [2.45, 2.75) is 55.9 Å². The third-order valence-electron chi connectivity index (χ3n) is 4.77. The maximum atomic E-state index is 12.8. The molecular weight excluding hydrogens is 342 g/mol. The van der Waals surface area contributed by atoms with Gasteiger partial charge in [0.2, 0.25) is 10.0 Å². The number of carbonyl (C=O) groups excluding carboxylic acids is 2. The Kier molecular flexibility index (Phi) is 5.54. The molecule has 0 spiro atoms. The van der Waals surface area contributed by atoms with E-state index in [9.17, 15) is 18.0 Å². The zero-order valence-corrected chi connectivity index (χ0v) is 15.0. The maximum Gasteiger partial charge on any atom is 0.338 e. The first-order chi connectivity index (χ1) is 12.0. The Morgan fingerprint density at radius 1 is 1.08 bits per heavy atom. The van der Waals surface area contributed by atoms with Crippen LogP contribution in [0.2, 0.25) is 0 Å². The van der Waals surface area contributed by atoms with Crippen molar-refractivity contribution in [2.75, 3.05) is 13.1 Å². The first-order valence-electron chi connectivity index (χ1n) is 8.82. The highest BCUT2D eigenvalue weighted by molar-refractivity contribution is 7.89. The normalized spacial score (nSPS) is 22.6. The van der Waals surface area contributed by atoms with Gasteiger partial charge in [0.25, 0.3) is 0 Å². The van der Waals surface area contributed by atoms with Gasteiger partial charge >= 0.3 is 5.97 Å². The van der Waals surface area contributed by atoms with Crippen LogP contribution in [0.15, 0.2) is 29.2 Å². The highest BCUT2D eigenvalue weighted by atomic mass is 32.2. The predicted octanol–water partition coefficient (Wildman–Crippen LogP) is 2.53. The molecule has 1 aromatic rings. The first-order valence-corrected chi connectivity index (χ1v) is 10.3. The van der Waals surface area contributed by atoms with E-state index in [0.717, 1.165) is 32.1 Å². The molecule has 0 N–H and O–H groups in total. The molecule has 3 rings (SSSR count). The Morgan fingerprint density at radius 2 is 1.80 bits per heavy atom. The van der Waals surface area contributed by atoms with Gasteiger partial charge in [-0.05, 0) is 43.9 Å². The van der Waals surface area contributed by atoms with Gasteiger partial charge in [0.1, 0.15) is 0 Å². The van der Waals surface area contributed by atoms with Gasteiger partial charge in [0.15, 0.2) is 11.9 Å². The number of hydrogen-bond donors (Lipinski definition) is 0. The molecule has 1 saturated carbocycles. The zero-order valence-electron chi connectivity index (χ0n) is 14.1. The summed E-state index contributed by atoms with van der Waals surface area (Å²) in [6, 6.07) is 5.90. The molecule has 2 fully saturated rings. The van der Waals surface area contributed by atoms with Crippen molar-refractivity contribution in [3.05, 3.63) is 29.8 Å². The topological polar surface area (TPSA) is 80.8 Å². The summed E-state index contributed by atoms with van der Waals surface area (Å²) in [5, 5.41) is 0. The standard InChI is InChI=1S/C18H23NO5S/c20-16-9-6-10-17(16)24-18(21)14-7-5-8-15(13-14)25(22,23)19-11-3-1-2-4-12-19/h5,7-8,13,17H,1-4,6,9-12H2/t17-/m1/s1. The highest BCUT2D eigenvalue weighted by Gasteiger charge is 2.29. The van der Waals surface area contributed by atoms with Crippen LogP contribution in [0.5, 0.6) is 0 Å². The van der Waals surface area contributed by atoms with Gasteiger partial charge < -0.3 is 4.74 Å². The second-order valence-corrected chi connectivity index (χ2v) is 8.54. The summed E-state index contributed by atoms with van der Waals surface area (Å²) >= 11 is 0. The minimum Gasteiger partial charge on any atom is -0.451 e. The summed E-state index contributed by atoms with van der Waals surface area (Å²) in [7, 11) is -3.62. The van der Waals surface area contributed by atoms with Gasteiger partial charge in [0, 0.05) is 19.5 Å². The molecule has 1 aromatic carbocycles. The number of sulfonamides is 1. The lowest BCUT2D eigenvalue weighted by Crippen LogP contribution is -2.32. The van der Waals surface area contributed by atoms with Crippen LogP contribution in [0, 0.1) is 0 Å². The zero-order chi connectivity index (χ0) is 17.9. The molecule has 136 valence electrons. The maximum absolute atomic E-state index is 12.8. The number of ether oxygens (including phenoxy) is 1. The molecule has 0 aromatic heterocycles. The van der Waals surface area contributed by atoms with E-state index in [-0.39, 0.29) is 16.2 Å². The monoisotopic (exact) mass is 365 g/mol. The molecule has 0 amide bonds. The van der Waals surface area contributed by atoms with Crippen LogP contribution >= 0.6 is 0 Å². The lowest BCUT2D eigenvalue weighted by Gasteiger charge is -2.20. The molecule has 2 aliphatic rings. The summed E-state index contributed by atoms with van der Waals surface area (Å²) in [5.74, 6) is -0.713. The third kappa shape index (κ3) is 4.10. The third-order valence-corrected chi connectivity index (χ3v) is 6.67. The Balaban J connectivity index is 1.78. The van der Waals surface area contributed by atoms with Gasteiger partial charge in [-0.2, -0.15) is 4.31 Å². The molecule has 7 heteroatoms. The lowest BCUT2D eigenvalue weighted by molar-refractivity contribution is -0.124. The van der Waals surface area contributed by atoms with E-state index < -0.39 is 22.1 Å². The molecule has 1 aliphatic heterocycles. The van der Waals surface area contributed by atoms with Crippen LogP contribution in [0.4, 0.5) is 0 Å². The Hall–Kier alpha value is -1.73. The Labute approximate surface area is 148 Å². The molecule has 0 unspecified atom stereocenters. The quantitative estimate of drug-likeness (QED) is 0.766. The van der Waals surface area contributed by atoms with Crippen molar-refractivity contribution in [3.63, 3.8) is 0 Å². The number of ketones is 1. The van der Waals surface area contributed by atoms with Crippen molar-refractivity contribution in [1.82, 2.24) is 4.31 Å². The van der Waals surface area contributed by atoms with E-state index in [1.54, 1.807) is 0 Å². The number of benzene rings is 1. The van der Waals surface area contributed by atoms with Crippen molar-refractivity contribution in [1.29, 1.82) is 0 Å². The van der Waals surface area contributed by atoms with Gasteiger partial charge in [-0.3, -0.25) is 4.79 Å². The summed E-state index contributed by atoms with van der Waals surface area (Å²) in [4.78, 5) is 24.0. The lowest BCUT2D eigenvalue weighted by atomic mass is 10.2. The summed E-state index contributed by atoms with van der Waals surface area (Å²) in [5.41, 5.74) is 0.163. The molecule has 0 radical (unpaired) electrons. The molecule has 25 heavy (non-hydrogen) atoms. The SMILES string of the molecule is O=C(O[C@@H]1CCCC1=O)c1cccc(S(=O)(=O)N2CCCCCC2)c1. The van der Waals surface area contributed by atoms with E-state index in [0.29, 0.717) is 25.9 Å². The van der Waals surface area contributed by atoms with Crippen LogP contribution in [0.25, 0.3) is 0 Å². The number of Topliss-reactive ketones (excluding diaryl/α,β-unsaturated/α-hetero) is 1. The second-order valence-electron chi connectivity index (χ2n) is 6.60. The predicted molar refractivity (Wildman–Crippen MR) is 91.7 cm³/mol. The molecule has 1 atom stereocenters. The fourth-order valence-electron chi connectivity index (χ4n) is 3.32. The minimum atomic E-state index is -3.62. The summed E-state index contributed by atoms with van der Waals surface area (Å²) in [6.07, 6.45) is 4.77. The number of hydrogen-bond acceptors (Lipinski definition) is 5. The summed E-state index contributed by atoms with van der Waals surface area (Å²) in [6.45, 7) is 1.02. The molecular formula is C18H23NO5S. The molecule has 6 nitrogen and oxygen atoms in total. The van der Waals surface area contributed by atoms with Crippen molar-refractivity contribution in [2.24, 2.45) is 0 Å². The van der Waals surface area contributed by atoms with E-state index in [4.69, 9.17) is 4.74 Å². The van der Waals surface area contributed by atoms with E-state index in [1.807, 2.05) is 0 Å². The first kappa shape index (κ1) is 18.1. The largest absolute Gasteiger partial charge is 0.451 e. The van der Waals surface area contributed by atoms with Crippen LogP contribution in [0.1, 0.15) is 55.3 Å². The van der Waals surface area contributed by atoms with E-state index >= 15 is 0 Å². The molecule has 1 heterocycles. The van der Waals surface area contributed by atoms with Crippen LogP contribution in [-0.2, 0) is 19.6 Å². The number of esters is 1. The Morgan fingerprint density at radius 3 is 2.44 bits per heavy atom. The average Bonchev–Trinajstić information content (AvgIpc) is 2.85. The fraction of sp³-hybridized carbons (Fsp3) is 0.556. The summed E-state index contributed by atoms with van der Waals surface area (Å²) < 4.78 is 32.4. The van der Waals surface area contributed by atoms with Crippen LogP contribution < -0.4 is 0 Å². The van der Waals surface area contributed by atoms with Crippen LogP contribution in [0.3, 0.4) is 0 Å². The molecule has 0 bridgehead atoms. The van der Waals surface area contributed by atoms with Gasteiger partial charge in [-0.1, -0.05) is 18.9 Å². The molecule has 1 aliphatic carbocycles. The average molecular weight is 365 g/mol. The van der Waals surface area contributed by atoms with Gasteiger partial charge in [-0.15, -0.1) is 0 Å². The van der Waals surface area contributed by atoms with Gasteiger partial charge in [-0.25, -0.2) is 13.2 Å². The minimum absolute atomic E-state index is 0.0679. The van der Waals surface area contributed by atoms with Crippen molar-refractivity contribution >= 4 is 21.8 Å². The Bertz CT molecular complexity index is 750. The number of rotatable bonds is 4. The fourth-order valence-corrected chi connectivity index (χ4v) is 4.88. The second kappa shape index (κ2) is 7.66. The number of nitrogens with zero attached hydrogens (tertiary/aromatic N) is 1. The van der Waals surface area contributed by atoms with Gasteiger partial charge in [0.05, 0.1) is 10.5 Å². The van der Waals surface area contributed by atoms with Crippen molar-refractivity contribution < 1.29 is 22.7 Å². The number of carbonyl (C=O) groups is 2. The van der Waals surface area contributed by atoms with E-state index in [2.05, 4.69) is 0 Å². The van der Waals surface area contributed by atoms with Crippen LogP contribution in [-0.4, -0.2) is 43.7 Å². The van der Waals surface area contributed by atoms with E-state index in [1.165, 1.54) is 28.6 Å². The highest BCUT2D eigenvalue weighted by Crippen LogP contribution is 2.23. The molecule has 1 saturated heterocycles. The smallest absolute Gasteiger partial charge is 0.338 e. The van der Waals surface area contributed by atoms with Crippen molar-refractivity contribution in [3.8, 4) is 0 Å².